The molecule has 0 aliphatic carbocycles. The molecular weight excluding hydrogens is 248 g/mol. The molecule has 0 unspecified atom stereocenters. The smallest absolute Gasteiger partial charge is 0.165 e. The molecule has 0 amide bonds. The van der Waals surface area contributed by atoms with Crippen LogP contribution in [0.3, 0.4) is 0 Å². The van der Waals surface area contributed by atoms with Gasteiger partial charge >= 0.3 is 0 Å². The number of ether oxygens (including phenoxy) is 2. The van der Waals surface area contributed by atoms with Crippen LogP contribution in [0.2, 0.25) is 0 Å². The lowest BCUT2D eigenvalue weighted by Gasteiger charge is -2.35. The lowest BCUT2D eigenvalue weighted by molar-refractivity contribution is -0.157. The van der Waals surface area contributed by atoms with Crippen LogP contribution in [0.1, 0.15) is 31.1 Å². The van der Waals surface area contributed by atoms with Crippen LogP contribution in [-0.4, -0.2) is 31.2 Å². The quantitative estimate of drug-likeness (QED) is 0.796. The van der Waals surface area contributed by atoms with Gasteiger partial charge in [-0.25, -0.2) is 0 Å². The fourth-order valence-corrected chi connectivity index (χ4v) is 3.11. The second kappa shape index (κ2) is 6.45. The van der Waals surface area contributed by atoms with Gasteiger partial charge in [0.15, 0.2) is 5.78 Å². The van der Waals surface area contributed by atoms with Gasteiger partial charge in [0.25, 0.3) is 0 Å². The Balaban J connectivity index is 1.95. The third-order valence-corrected chi connectivity index (χ3v) is 4.34. The minimum absolute atomic E-state index is 0.237. The molecular formula is C14H20O3S. The molecule has 0 aromatic carbocycles. The number of hydrogen-bond donors (Lipinski definition) is 0. The van der Waals surface area contributed by atoms with E-state index in [0.717, 1.165) is 6.42 Å². The predicted molar refractivity (Wildman–Crippen MR) is 72.1 cm³/mol. The molecule has 1 aliphatic heterocycles. The van der Waals surface area contributed by atoms with Crippen LogP contribution >= 0.6 is 11.3 Å². The normalized spacial score (nSPS) is 18.7. The molecule has 1 saturated heterocycles. The van der Waals surface area contributed by atoms with Gasteiger partial charge in [-0.1, -0.05) is 6.07 Å². The van der Waals surface area contributed by atoms with Gasteiger partial charge in [0.2, 0.25) is 0 Å². The highest BCUT2D eigenvalue weighted by Gasteiger charge is 2.39. The summed E-state index contributed by atoms with van der Waals surface area (Å²) in [6, 6.07) is 4.10. The van der Waals surface area contributed by atoms with Crippen molar-refractivity contribution in [3.8, 4) is 0 Å². The maximum Gasteiger partial charge on any atom is 0.165 e. The molecule has 2 rings (SSSR count). The first-order valence-corrected chi connectivity index (χ1v) is 7.42. The molecule has 18 heavy (non-hydrogen) atoms. The van der Waals surface area contributed by atoms with Crippen LogP contribution in [0.4, 0.5) is 0 Å². The molecule has 0 radical (unpaired) electrons. The number of carbonyl (C=O) groups excluding carboxylic acids is 1. The van der Waals surface area contributed by atoms with Crippen molar-refractivity contribution in [2.24, 2.45) is 0 Å². The molecule has 0 N–H and O–H groups in total. The van der Waals surface area contributed by atoms with E-state index in [4.69, 9.17) is 9.47 Å². The first kappa shape index (κ1) is 13.7. The predicted octanol–water partition coefficient (Wildman–Crippen LogP) is 2.84. The lowest BCUT2D eigenvalue weighted by atomic mass is 9.87. The van der Waals surface area contributed by atoms with E-state index < -0.39 is 5.60 Å². The van der Waals surface area contributed by atoms with Crippen LogP contribution in [0.25, 0.3) is 0 Å². The molecule has 4 heteroatoms. The Morgan fingerprint density at radius 3 is 2.89 bits per heavy atom. The number of rotatable bonds is 6. The molecule has 2 heterocycles. The maximum absolute atomic E-state index is 12.4. The summed E-state index contributed by atoms with van der Waals surface area (Å²) in [4.78, 5) is 13.7. The summed E-state index contributed by atoms with van der Waals surface area (Å²) in [5, 5.41) is 2.05. The standard InChI is InChI=1S/C14H20O3S/c1-2-17-14(7-9-16-10-8-14)13(15)6-5-12-4-3-11-18-12/h3-4,11H,2,5-10H2,1H3. The van der Waals surface area contributed by atoms with Crippen molar-refractivity contribution in [3.63, 3.8) is 0 Å². The maximum atomic E-state index is 12.4. The first-order valence-electron chi connectivity index (χ1n) is 6.54. The lowest BCUT2D eigenvalue weighted by Crippen LogP contribution is -2.46. The number of Topliss-reactive ketones (excluding diaryl/α,β-unsaturated/α-hetero) is 1. The van der Waals surface area contributed by atoms with Gasteiger partial charge in [-0.15, -0.1) is 11.3 Å². The highest BCUT2D eigenvalue weighted by atomic mass is 32.1. The van der Waals surface area contributed by atoms with E-state index in [2.05, 4.69) is 6.07 Å². The average Bonchev–Trinajstić information content (AvgIpc) is 2.90. The van der Waals surface area contributed by atoms with E-state index in [1.54, 1.807) is 11.3 Å². The van der Waals surface area contributed by atoms with Gasteiger partial charge < -0.3 is 9.47 Å². The molecule has 0 saturated carbocycles. The van der Waals surface area contributed by atoms with Crippen LogP contribution in [-0.2, 0) is 20.7 Å². The zero-order chi connectivity index (χ0) is 12.8. The van der Waals surface area contributed by atoms with Gasteiger partial charge in [0.1, 0.15) is 5.60 Å². The topological polar surface area (TPSA) is 35.5 Å². The molecule has 3 nitrogen and oxygen atoms in total. The first-order chi connectivity index (χ1) is 8.77. The van der Waals surface area contributed by atoms with E-state index >= 15 is 0 Å². The summed E-state index contributed by atoms with van der Waals surface area (Å²) >= 11 is 1.71. The monoisotopic (exact) mass is 268 g/mol. The van der Waals surface area contributed by atoms with Crippen molar-refractivity contribution in [1.29, 1.82) is 0 Å². The fourth-order valence-electron chi connectivity index (χ4n) is 2.40. The highest BCUT2D eigenvalue weighted by molar-refractivity contribution is 7.09. The van der Waals surface area contributed by atoms with Crippen molar-refractivity contribution in [2.45, 2.75) is 38.2 Å². The molecule has 1 fully saturated rings. The van der Waals surface area contributed by atoms with Gasteiger partial charge in [-0.05, 0) is 24.8 Å². The summed E-state index contributed by atoms with van der Waals surface area (Å²) in [5.74, 6) is 0.237. The van der Waals surface area contributed by atoms with Crippen molar-refractivity contribution in [2.75, 3.05) is 19.8 Å². The van der Waals surface area contributed by atoms with Gasteiger partial charge in [0, 0.05) is 44.0 Å². The van der Waals surface area contributed by atoms with E-state index in [-0.39, 0.29) is 5.78 Å². The second-order valence-corrected chi connectivity index (χ2v) is 5.57. The van der Waals surface area contributed by atoms with Crippen molar-refractivity contribution in [3.05, 3.63) is 22.4 Å². The zero-order valence-corrected chi connectivity index (χ0v) is 11.6. The summed E-state index contributed by atoms with van der Waals surface area (Å²) in [6.07, 6.45) is 2.79. The average molecular weight is 268 g/mol. The number of aryl methyl sites for hydroxylation is 1. The molecule has 100 valence electrons. The Hall–Kier alpha value is -0.710. The number of hydrogen-bond acceptors (Lipinski definition) is 4. The summed E-state index contributed by atoms with van der Waals surface area (Å²) in [5.41, 5.74) is -0.579. The van der Waals surface area contributed by atoms with Gasteiger partial charge in [-0.2, -0.15) is 0 Å². The van der Waals surface area contributed by atoms with Crippen molar-refractivity contribution >= 4 is 17.1 Å². The van der Waals surface area contributed by atoms with E-state index in [1.165, 1.54) is 4.88 Å². The van der Waals surface area contributed by atoms with Gasteiger partial charge in [-0.3, -0.25) is 4.79 Å². The third kappa shape index (κ3) is 3.19. The highest BCUT2D eigenvalue weighted by Crippen LogP contribution is 2.28. The molecule has 1 aromatic rings. The van der Waals surface area contributed by atoms with E-state index in [9.17, 15) is 4.79 Å². The Morgan fingerprint density at radius 2 is 2.28 bits per heavy atom. The molecule has 0 atom stereocenters. The van der Waals surface area contributed by atoms with Crippen LogP contribution in [0, 0.1) is 0 Å². The van der Waals surface area contributed by atoms with Crippen LogP contribution < -0.4 is 0 Å². The summed E-state index contributed by atoms with van der Waals surface area (Å²) in [6.45, 7) is 3.80. The molecule has 0 spiro atoms. The number of ketones is 1. The largest absolute Gasteiger partial charge is 0.381 e. The molecule has 1 aromatic heterocycles. The third-order valence-electron chi connectivity index (χ3n) is 3.41. The number of thiophene rings is 1. The number of carbonyl (C=O) groups is 1. The van der Waals surface area contributed by atoms with Gasteiger partial charge in [0.05, 0.1) is 0 Å². The van der Waals surface area contributed by atoms with Crippen LogP contribution in [0.15, 0.2) is 17.5 Å². The van der Waals surface area contributed by atoms with Crippen LogP contribution in [0.5, 0.6) is 0 Å². The molecule has 0 bridgehead atoms. The molecule has 1 aliphatic rings. The second-order valence-electron chi connectivity index (χ2n) is 4.54. The summed E-state index contributed by atoms with van der Waals surface area (Å²) < 4.78 is 11.1. The Bertz CT molecular complexity index is 361. The minimum Gasteiger partial charge on any atom is -0.381 e. The Morgan fingerprint density at radius 1 is 1.50 bits per heavy atom. The van der Waals surface area contributed by atoms with Crippen molar-refractivity contribution < 1.29 is 14.3 Å². The Labute approximate surface area is 112 Å². The fraction of sp³-hybridized carbons (Fsp3) is 0.643. The van der Waals surface area contributed by atoms with E-state index in [1.807, 2.05) is 18.4 Å². The Kier molecular flexibility index (Phi) is 4.92. The zero-order valence-electron chi connectivity index (χ0n) is 10.8. The van der Waals surface area contributed by atoms with Crippen molar-refractivity contribution in [1.82, 2.24) is 0 Å². The SMILES string of the molecule is CCOC1(C(=O)CCc2cccs2)CCOCC1. The summed E-state index contributed by atoms with van der Waals surface area (Å²) in [7, 11) is 0. The minimum atomic E-state index is -0.579. The van der Waals surface area contributed by atoms with E-state index in [0.29, 0.717) is 39.1 Å².